The highest BCUT2D eigenvalue weighted by atomic mass is 14.5. The standard InChI is InChI=1S/C26H40N2/c1-2-3-4-5-9-12-23(24-16-20-26(28)21-17-24)13-10-7-6-8-11-22-14-18-25(27)19-15-22/h14-21,23H,2-13,27-28H2,1H3. The molecule has 0 bridgehead atoms. The molecule has 0 spiro atoms. The van der Waals surface area contributed by atoms with Crippen LogP contribution in [0.1, 0.15) is 94.6 Å². The van der Waals surface area contributed by atoms with Gasteiger partial charge in [0.25, 0.3) is 0 Å². The summed E-state index contributed by atoms with van der Waals surface area (Å²) in [5.41, 5.74) is 16.2. The lowest BCUT2D eigenvalue weighted by Crippen LogP contribution is -2.00. The predicted octanol–water partition coefficient (Wildman–Crippen LogP) is 7.49. The van der Waals surface area contributed by atoms with E-state index in [1.54, 1.807) is 0 Å². The smallest absolute Gasteiger partial charge is 0.0314 e. The Morgan fingerprint density at radius 2 is 1.11 bits per heavy atom. The molecule has 0 radical (unpaired) electrons. The molecule has 0 aliphatic rings. The molecule has 1 unspecified atom stereocenters. The summed E-state index contributed by atoms with van der Waals surface area (Å²) >= 11 is 0. The molecule has 28 heavy (non-hydrogen) atoms. The van der Waals surface area contributed by atoms with Crippen LogP contribution in [0.25, 0.3) is 0 Å². The first-order valence-corrected chi connectivity index (χ1v) is 11.4. The Labute approximate surface area is 172 Å². The van der Waals surface area contributed by atoms with Crippen LogP contribution in [0, 0.1) is 0 Å². The fourth-order valence-corrected chi connectivity index (χ4v) is 4.00. The molecule has 2 aromatic rings. The van der Waals surface area contributed by atoms with Gasteiger partial charge in [-0.25, -0.2) is 0 Å². The third kappa shape index (κ3) is 8.82. The molecule has 0 saturated carbocycles. The van der Waals surface area contributed by atoms with Gasteiger partial charge in [0.05, 0.1) is 0 Å². The van der Waals surface area contributed by atoms with E-state index in [9.17, 15) is 0 Å². The third-order valence-corrected chi connectivity index (χ3v) is 5.81. The molecule has 0 aliphatic carbocycles. The minimum atomic E-state index is 0.694. The molecule has 0 aromatic heterocycles. The minimum Gasteiger partial charge on any atom is -0.399 e. The van der Waals surface area contributed by atoms with Crippen LogP contribution < -0.4 is 11.5 Å². The van der Waals surface area contributed by atoms with E-state index in [0.29, 0.717) is 5.92 Å². The van der Waals surface area contributed by atoms with Crippen LogP contribution in [0.15, 0.2) is 48.5 Å². The van der Waals surface area contributed by atoms with Gasteiger partial charge in [-0.1, -0.05) is 82.6 Å². The van der Waals surface area contributed by atoms with Crippen molar-refractivity contribution < 1.29 is 0 Å². The van der Waals surface area contributed by atoms with Crippen LogP contribution in [0.2, 0.25) is 0 Å². The number of rotatable bonds is 14. The highest BCUT2D eigenvalue weighted by Crippen LogP contribution is 2.29. The quantitative estimate of drug-likeness (QED) is 0.263. The normalized spacial score (nSPS) is 12.2. The summed E-state index contributed by atoms with van der Waals surface area (Å²) in [5, 5.41) is 0. The van der Waals surface area contributed by atoms with Gasteiger partial charge in [-0.15, -0.1) is 0 Å². The average Bonchev–Trinajstić information content (AvgIpc) is 2.71. The van der Waals surface area contributed by atoms with Crippen LogP contribution in [-0.2, 0) is 6.42 Å². The molecular formula is C26H40N2. The van der Waals surface area contributed by atoms with Gasteiger partial charge in [0.15, 0.2) is 0 Å². The topological polar surface area (TPSA) is 52.0 Å². The van der Waals surface area contributed by atoms with Gasteiger partial charge in [-0.2, -0.15) is 0 Å². The summed E-state index contributed by atoms with van der Waals surface area (Å²) in [7, 11) is 0. The van der Waals surface area contributed by atoms with Crippen LogP contribution in [-0.4, -0.2) is 0 Å². The van der Waals surface area contributed by atoms with Crippen LogP contribution in [0.3, 0.4) is 0 Å². The molecule has 2 heteroatoms. The third-order valence-electron chi connectivity index (χ3n) is 5.81. The summed E-state index contributed by atoms with van der Waals surface area (Å²) in [6.45, 7) is 2.28. The SMILES string of the molecule is CCCCCCCC(CCCCCCc1ccc(N)cc1)c1ccc(N)cc1. The summed E-state index contributed by atoms with van der Waals surface area (Å²) in [5.74, 6) is 0.694. The molecule has 0 saturated heterocycles. The van der Waals surface area contributed by atoms with E-state index in [4.69, 9.17) is 11.5 Å². The maximum absolute atomic E-state index is 5.89. The molecular weight excluding hydrogens is 340 g/mol. The zero-order chi connectivity index (χ0) is 20.0. The Morgan fingerprint density at radius 3 is 1.68 bits per heavy atom. The molecule has 4 N–H and O–H groups in total. The van der Waals surface area contributed by atoms with E-state index in [-0.39, 0.29) is 0 Å². The van der Waals surface area contributed by atoms with Gasteiger partial charge >= 0.3 is 0 Å². The first kappa shape index (κ1) is 22.3. The van der Waals surface area contributed by atoms with E-state index >= 15 is 0 Å². The van der Waals surface area contributed by atoms with Gasteiger partial charge < -0.3 is 11.5 Å². The number of nitrogen functional groups attached to an aromatic ring is 2. The minimum absolute atomic E-state index is 0.694. The van der Waals surface area contributed by atoms with Crippen LogP contribution in [0.4, 0.5) is 11.4 Å². The van der Waals surface area contributed by atoms with Crippen molar-refractivity contribution in [1.29, 1.82) is 0 Å². The molecule has 2 aromatic carbocycles. The summed E-state index contributed by atoms with van der Waals surface area (Å²) < 4.78 is 0. The van der Waals surface area contributed by atoms with Gasteiger partial charge in [-0.05, 0) is 67.0 Å². The van der Waals surface area contributed by atoms with Gasteiger partial charge in [0, 0.05) is 11.4 Å². The number of aryl methyl sites for hydroxylation is 1. The van der Waals surface area contributed by atoms with Gasteiger partial charge in [0.1, 0.15) is 0 Å². The number of hydrogen-bond donors (Lipinski definition) is 2. The Kier molecular flexibility index (Phi) is 10.6. The second kappa shape index (κ2) is 13.3. The zero-order valence-electron chi connectivity index (χ0n) is 17.8. The molecule has 2 nitrogen and oxygen atoms in total. The van der Waals surface area contributed by atoms with Crippen LogP contribution >= 0.6 is 0 Å². The van der Waals surface area contributed by atoms with E-state index < -0.39 is 0 Å². The number of hydrogen-bond acceptors (Lipinski definition) is 2. The summed E-state index contributed by atoms with van der Waals surface area (Å²) in [4.78, 5) is 0. The van der Waals surface area contributed by atoms with Crippen molar-refractivity contribution in [3.8, 4) is 0 Å². The Balaban J connectivity index is 1.69. The highest BCUT2D eigenvalue weighted by Gasteiger charge is 2.11. The Bertz CT molecular complexity index is 630. The fraction of sp³-hybridized carbons (Fsp3) is 0.538. The maximum Gasteiger partial charge on any atom is 0.0314 e. The number of unbranched alkanes of at least 4 members (excludes halogenated alkanes) is 7. The number of benzene rings is 2. The first-order valence-electron chi connectivity index (χ1n) is 11.4. The molecule has 0 aliphatic heterocycles. The molecule has 0 amide bonds. The number of nitrogens with two attached hydrogens (primary N) is 2. The Morgan fingerprint density at radius 1 is 0.607 bits per heavy atom. The summed E-state index contributed by atoms with van der Waals surface area (Å²) in [6.07, 6.45) is 15.8. The van der Waals surface area contributed by atoms with Gasteiger partial charge in [-0.3, -0.25) is 0 Å². The van der Waals surface area contributed by atoms with E-state index in [0.717, 1.165) is 11.4 Å². The van der Waals surface area contributed by atoms with Crippen molar-refractivity contribution in [3.63, 3.8) is 0 Å². The highest BCUT2D eigenvalue weighted by molar-refractivity contribution is 5.40. The lowest BCUT2D eigenvalue weighted by molar-refractivity contribution is 0.491. The van der Waals surface area contributed by atoms with Crippen molar-refractivity contribution in [2.75, 3.05) is 11.5 Å². The first-order chi connectivity index (χ1) is 13.7. The van der Waals surface area contributed by atoms with Crippen molar-refractivity contribution in [2.24, 2.45) is 0 Å². The Hall–Kier alpha value is -1.96. The summed E-state index contributed by atoms with van der Waals surface area (Å²) in [6, 6.07) is 16.9. The zero-order valence-corrected chi connectivity index (χ0v) is 17.8. The van der Waals surface area contributed by atoms with Crippen molar-refractivity contribution in [1.82, 2.24) is 0 Å². The maximum atomic E-state index is 5.89. The lowest BCUT2D eigenvalue weighted by atomic mass is 9.88. The van der Waals surface area contributed by atoms with Crippen molar-refractivity contribution in [3.05, 3.63) is 59.7 Å². The molecule has 154 valence electrons. The second-order valence-corrected chi connectivity index (χ2v) is 8.26. The van der Waals surface area contributed by atoms with Crippen molar-refractivity contribution >= 4 is 11.4 Å². The molecule has 0 fully saturated rings. The molecule has 0 heterocycles. The average molecular weight is 381 g/mol. The van der Waals surface area contributed by atoms with E-state index in [2.05, 4.69) is 43.3 Å². The van der Waals surface area contributed by atoms with Gasteiger partial charge in [0.2, 0.25) is 0 Å². The van der Waals surface area contributed by atoms with E-state index in [1.807, 2.05) is 12.1 Å². The monoisotopic (exact) mass is 380 g/mol. The van der Waals surface area contributed by atoms with E-state index in [1.165, 1.54) is 88.2 Å². The van der Waals surface area contributed by atoms with Crippen molar-refractivity contribution in [2.45, 2.75) is 89.9 Å². The predicted molar refractivity (Wildman–Crippen MR) is 125 cm³/mol. The number of anilines is 2. The fourth-order valence-electron chi connectivity index (χ4n) is 4.00. The molecule has 1 atom stereocenters. The lowest BCUT2D eigenvalue weighted by Gasteiger charge is -2.18. The molecule has 2 rings (SSSR count). The second-order valence-electron chi connectivity index (χ2n) is 8.26. The van der Waals surface area contributed by atoms with Crippen LogP contribution in [0.5, 0.6) is 0 Å². The largest absolute Gasteiger partial charge is 0.399 e.